The molecule has 1 aliphatic carbocycles. The lowest BCUT2D eigenvalue weighted by molar-refractivity contribution is -0.121. The Kier molecular flexibility index (Phi) is 9.77. The molecule has 7 heteroatoms. The summed E-state index contributed by atoms with van der Waals surface area (Å²) >= 11 is 0. The fraction of sp³-hybridized carbons (Fsp3) is 0.895. The monoisotopic (exact) mass is 367 g/mol. The molecule has 3 N–H and O–H groups in total. The van der Waals surface area contributed by atoms with Gasteiger partial charge in [-0.1, -0.05) is 19.3 Å². The Hall–Kier alpha value is -1.34. The maximum Gasteiger partial charge on any atom is 0.221 e. The summed E-state index contributed by atoms with van der Waals surface area (Å²) in [6.07, 6.45) is 6.52. The van der Waals surface area contributed by atoms with E-state index in [0.29, 0.717) is 25.0 Å². The molecule has 150 valence electrons. The van der Waals surface area contributed by atoms with Crippen LogP contribution in [0.1, 0.15) is 52.4 Å². The van der Waals surface area contributed by atoms with Gasteiger partial charge in [-0.25, -0.2) is 0 Å². The number of carbonyl (C=O) groups excluding carboxylic acids is 1. The minimum absolute atomic E-state index is 0.141. The zero-order valence-electron chi connectivity index (χ0n) is 16.6. The highest BCUT2D eigenvalue weighted by Crippen LogP contribution is 2.17. The van der Waals surface area contributed by atoms with E-state index in [1.165, 1.54) is 19.3 Å². The number of amides is 1. The van der Waals surface area contributed by atoms with Crippen LogP contribution in [0.25, 0.3) is 0 Å². The lowest BCUT2D eigenvalue weighted by atomic mass is 9.95. The molecule has 1 amide bonds. The van der Waals surface area contributed by atoms with Crippen LogP contribution in [0.15, 0.2) is 4.99 Å². The SMILES string of the molecule is CCNC(=NCC(C)N1CCOCC1)NCCC(=O)NC1CCCCC1. The summed E-state index contributed by atoms with van der Waals surface area (Å²) < 4.78 is 5.40. The minimum Gasteiger partial charge on any atom is -0.379 e. The summed E-state index contributed by atoms with van der Waals surface area (Å²) in [7, 11) is 0. The van der Waals surface area contributed by atoms with E-state index in [1.54, 1.807) is 0 Å². The quantitative estimate of drug-likeness (QED) is 0.442. The fourth-order valence-electron chi connectivity index (χ4n) is 3.54. The number of aliphatic imine (C=N–C) groups is 1. The van der Waals surface area contributed by atoms with Gasteiger partial charge in [0, 0.05) is 44.7 Å². The molecule has 0 radical (unpaired) electrons. The van der Waals surface area contributed by atoms with Crippen LogP contribution >= 0.6 is 0 Å². The summed E-state index contributed by atoms with van der Waals surface area (Å²) in [6, 6.07) is 0.775. The number of nitrogens with one attached hydrogen (secondary N) is 3. The normalized spacial score (nSPS) is 21.2. The van der Waals surface area contributed by atoms with Crippen LogP contribution in [0.3, 0.4) is 0 Å². The Morgan fingerprint density at radius 2 is 1.92 bits per heavy atom. The molecular weight excluding hydrogens is 330 g/mol. The molecule has 1 saturated carbocycles. The van der Waals surface area contributed by atoms with E-state index < -0.39 is 0 Å². The molecule has 2 fully saturated rings. The first kappa shape index (κ1) is 21.0. The maximum absolute atomic E-state index is 12.1. The van der Waals surface area contributed by atoms with Gasteiger partial charge < -0.3 is 20.7 Å². The Morgan fingerprint density at radius 1 is 1.19 bits per heavy atom. The number of morpholine rings is 1. The van der Waals surface area contributed by atoms with E-state index >= 15 is 0 Å². The van der Waals surface area contributed by atoms with E-state index in [-0.39, 0.29) is 5.91 Å². The average Bonchev–Trinajstić information content (AvgIpc) is 2.67. The summed E-state index contributed by atoms with van der Waals surface area (Å²) in [5, 5.41) is 9.70. The Balaban J connectivity index is 1.67. The van der Waals surface area contributed by atoms with Crippen LogP contribution in [0.5, 0.6) is 0 Å². The Morgan fingerprint density at radius 3 is 2.62 bits per heavy atom. The summed E-state index contributed by atoms with van der Waals surface area (Å²) in [5.41, 5.74) is 0. The van der Waals surface area contributed by atoms with Crippen LogP contribution in [0.4, 0.5) is 0 Å². The van der Waals surface area contributed by atoms with E-state index in [1.807, 2.05) is 0 Å². The molecule has 1 heterocycles. The van der Waals surface area contributed by atoms with Gasteiger partial charge in [-0.05, 0) is 26.7 Å². The standard InChI is InChI=1S/C19H37N5O2/c1-3-20-19(22-15-16(2)24-11-13-26-14-12-24)21-10-9-18(25)23-17-7-5-4-6-8-17/h16-17H,3-15H2,1-2H3,(H,23,25)(H2,20,21,22). The number of carbonyl (C=O) groups is 1. The highest BCUT2D eigenvalue weighted by atomic mass is 16.5. The van der Waals surface area contributed by atoms with Crippen LogP contribution in [0.2, 0.25) is 0 Å². The molecule has 0 aromatic heterocycles. The molecular formula is C19H37N5O2. The third kappa shape index (κ3) is 7.91. The molecule has 1 aliphatic heterocycles. The lowest BCUT2D eigenvalue weighted by Crippen LogP contribution is -2.45. The number of rotatable bonds is 8. The molecule has 1 atom stereocenters. The summed E-state index contributed by atoms with van der Waals surface area (Å²) in [5.74, 6) is 0.931. The van der Waals surface area contributed by atoms with E-state index in [0.717, 1.165) is 58.2 Å². The number of nitrogens with zero attached hydrogens (tertiary/aromatic N) is 2. The molecule has 26 heavy (non-hydrogen) atoms. The molecule has 0 bridgehead atoms. The topological polar surface area (TPSA) is 78.0 Å². The van der Waals surface area contributed by atoms with Crippen molar-refractivity contribution >= 4 is 11.9 Å². The Labute approximate surface area is 158 Å². The summed E-state index contributed by atoms with van der Waals surface area (Å²) in [4.78, 5) is 19.2. The largest absolute Gasteiger partial charge is 0.379 e. The first-order chi connectivity index (χ1) is 12.7. The van der Waals surface area contributed by atoms with E-state index in [2.05, 4.69) is 39.7 Å². The van der Waals surface area contributed by atoms with Gasteiger partial charge in [0.15, 0.2) is 5.96 Å². The van der Waals surface area contributed by atoms with Crippen molar-refractivity contribution in [3.05, 3.63) is 0 Å². The average molecular weight is 368 g/mol. The number of guanidine groups is 1. The van der Waals surface area contributed by atoms with Crippen molar-refractivity contribution < 1.29 is 9.53 Å². The molecule has 2 aliphatic rings. The molecule has 0 aromatic carbocycles. The minimum atomic E-state index is 0.141. The van der Waals surface area contributed by atoms with E-state index in [9.17, 15) is 4.79 Å². The zero-order chi connectivity index (χ0) is 18.6. The number of hydrogen-bond acceptors (Lipinski definition) is 4. The van der Waals surface area contributed by atoms with Gasteiger partial charge in [0.05, 0.1) is 19.8 Å². The molecule has 1 unspecified atom stereocenters. The van der Waals surface area contributed by atoms with Crippen LogP contribution < -0.4 is 16.0 Å². The number of ether oxygens (including phenoxy) is 1. The van der Waals surface area contributed by atoms with Gasteiger partial charge in [0.1, 0.15) is 0 Å². The van der Waals surface area contributed by atoms with Crippen molar-refractivity contribution in [3.8, 4) is 0 Å². The summed E-state index contributed by atoms with van der Waals surface area (Å²) in [6.45, 7) is 9.98. The molecule has 2 rings (SSSR count). The van der Waals surface area contributed by atoms with Gasteiger partial charge in [0.2, 0.25) is 5.91 Å². The number of hydrogen-bond donors (Lipinski definition) is 3. The maximum atomic E-state index is 12.1. The van der Waals surface area contributed by atoms with Gasteiger partial charge in [-0.2, -0.15) is 0 Å². The Bertz CT molecular complexity index is 432. The van der Waals surface area contributed by atoms with Gasteiger partial charge >= 0.3 is 0 Å². The van der Waals surface area contributed by atoms with Crippen molar-refractivity contribution in [1.82, 2.24) is 20.9 Å². The second-order valence-electron chi connectivity index (χ2n) is 7.30. The molecule has 1 saturated heterocycles. The van der Waals surface area contributed by atoms with Gasteiger partial charge in [-0.3, -0.25) is 14.7 Å². The van der Waals surface area contributed by atoms with Crippen molar-refractivity contribution in [2.24, 2.45) is 4.99 Å². The van der Waals surface area contributed by atoms with Crippen LogP contribution in [-0.2, 0) is 9.53 Å². The molecule has 0 aromatic rings. The highest BCUT2D eigenvalue weighted by molar-refractivity contribution is 5.81. The smallest absolute Gasteiger partial charge is 0.221 e. The highest BCUT2D eigenvalue weighted by Gasteiger charge is 2.17. The van der Waals surface area contributed by atoms with Crippen molar-refractivity contribution in [3.63, 3.8) is 0 Å². The fourth-order valence-corrected chi connectivity index (χ4v) is 3.54. The first-order valence-electron chi connectivity index (χ1n) is 10.3. The lowest BCUT2D eigenvalue weighted by Gasteiger charge is -2.31. The van der Waals surface area contributed by atoms with Crippen molar-refractivity contribution in [2.75, 3.05) is 45.9 Å². The third-order valence-corrected chi connectivity index (χ3v) is 5.14. The third-order valence-electron chi connectivity index (χ3n) is 5.14. The van der Waals surface area contributed by atoms with E-state index in [4.69, 9.17) is 4.74 Å². The molecule has 7 nitrogen and oxygen atoms in total. The second kappa shape index (κ2) is 12.1. The van der Waals surface area contributed by atoms with Gasteiger partial charge in [0.25, 0.3) is 0 Å². The predicted molar refractivity (Wildman–Crippen MR) is 105 cm³/mol. The van der Waals surface area contributed by atoms with Crippen molar-refractivity contribution in [2.45, 2.75) is 64.5 Å². The van der Waals surface area contributed by atoms with Crippen LogP contribution in [-0.4, -0.2) is 74.8 Å². The van der Waals surface area contributed by atoms with Crippen LogP contribution in [0, 0.1) is 0 Å². The second-order valence-corrected chi connectivity index (χ2v) is 7.30. The van der Waals surface area contributed by atoms with Crippen molar-refractivity contribution in [1.29, 1.82) is 0 Å². The predicted octanol–water partition coefficient (Wildman–Crippen LogP) is 1.10. The first-order valence-corrected chi connectivity index (χ1v) is 10.3. The van der Waals surface area contributed by atoms with Gasteiger partial charge in [-0.15, -0.1) is 0 Å². The molecule has 0 spiro atoms. The zero-order valence-corrected chi connectivity index (χ0v) is 16.6.